The number of rotatable bonds is 11. The van der Waals surface area contributed by atoms with Gasteiger partial charge in [-0.05, 0) is 30.2 Å². The van der Waals surface area contributed by atoms with Crippen molar-refractivity contribution in [3.05, 3.63) is 103 Å². The summed E-state index contributed by atoms with van der Waals surface area (Å²) in [5.74, 6) is 0.672. The molecule has 3 aromatic carbocycles. The van der Waals surface area contributed by atoms with Gasteiger partial charge in [-0.3, -0.25) is 20.2 Å². The van der Waals surface area contributed by atoms with Crippen molar-refractivity contribution in [3.63, 3.8) is 0 Å². The first-order valence-corrected chi connectivity index (χ1v) is 10.5. The lowest BCUT2D eigenvalue weighted by molar-refractivity contribution is -0.385. The first kappa shape index (κ1) is 24.5. The summed E-state index contributed by atoms with van der Waals surface area (Å²) in [6.07, 6.45) is 1.43. The number of nitrogens with zero attached hydrogens (tertiary/aromatic N) is 3. The SMILES string of the molecule is CCOc1cc(/C=N\OCc2cccc([N+](=O)[O-])c2)cc(Cl)c1OCc1cccc([N+](=O)[O-])c1. The van der Waals surface area contributed by atoms with E-state index in [9.17, 15) is 20.2 Å². The van der Waals surface area contributed by atoms with Gasteiger partial charge < -0.3 is 14.3 Å². The number of nitro benzene ring substituents is 2. The molecule has 0 unspecified atom stereocenters. The van der Waals surface area contributed by atoms with Gasteiger partial charge in [0.1, 0.15) is 13.2 Å². The van der Waals surface area contributed by atoms with Crippen LogP contribution in [0.15, 0.2) is 65.8 Å². The molecule has 0 N–H and O–H groups in total. The minimum Gasteiger partial charge on any atom is -0.490 e. The minimum absolute atomic E-state index is 0.0288. The number of hydrogen-bond acceptors (Lipinski definition) is 8. The van der Waals surface area contributed by atoms with Crippen LogP contribution in [0.2, 0.25) is 5.02 Å². The van der Waals surface area contributed by atoms with Crippen LogP contribution in [-0.2, 0) is 18.1 Å². The van der Waals surface area contributed by atoms with Crippen molar-refractivity contribution in [1.82, 2.24) is 0 Å². The van der Waals surface area contributed by atoms with Gasteiger partial charge in [0.2, 0.25) is 0 Å². The number of halogens is 1. The number of nitro groups is 2. The van der Waals surface area contributed by atoms with Gasteiger partial charge in [-0.25, -0.2) is 0 Å². The van der Waals surface area contributed by atoms with Gasteiger partial charge >= 0.3 is 0 Å². The Morgan fingerprint density at radius 2 is 1.53 bits per heavy atom. The molecule has 0 bridgehead atoms. The highest BCUT2D eigenvalue weighted by Crippen LogP contribution is 2.37. The zero-order valence-corrected chi connectivity index (χ0v) is 18.8. The van der Waals surface area contributed by atoms with Gasteiger partial charge in [0.25, 0.3) is 11.4 Å². The standard InChI is InChI=1S/C23H20ClN3O7/c1-2-32-22-12-18(13-25-34-15-17-6-4-8-20(10-17)27(30)31)11-21(24)23(22)33-14-16-5-3-7-19(9-16)26(28)29/h3-13H,2,14-15H2,1H3/b25-13-. The molecule has 0 aliphatic carbocycles. The van der Waals surface area contributed by atoms with E-state index in [4.69, 9.17) is 25.9 Å². The second kappa shape index (κ2) is 11.6. The highest BCUT2D eigenvalue weighted by atomic mass is 35.5. The number of hydrogen-bond donors (Lipinski definition) is 0. The normalized spacial score (nSPS) is 10.8. The predicted molar refractivity (Wildman–Crippen MR) is 126 cm³/mol. The summed E-state index contributed by atoms with van der Waals surface area (Å²) >= 11 is 6.39. The monoisotopic (exact) mass is 485 g/mol. The minimum atomic E-state index is -0.479. The number of non-ortho nitro benzene ring substituents is 2. The molecular weight excluding hydrogens is 466 g/mol. The van der Waals surface area contributed by atoms with Gasteiger partial charge in [0.05, 0.1) is 27.7 Å². The fourth-order valence-corrected chi connectivity index (χ4v) is 3.22. The summed E-state index contributed by atoms with van der Waals surface area (Å²) in [5, 5.41) is 26.0. The van der Waals surface area contributed by atoms with E-state index in [0.29, 0.717) is 34.8 Å². The Labute approximate surface area is 199 Å². The van der Waals surface area contributed by atoms with Gasteiger partial charge in [-0.2, -0.15) is 0 Å². The zero-order chi connectivity index (χ0) is 24.5. The number of ether oxygens (including phenoxy) is 2. The molecule has 3 aromatic rings. The van der Waals surface area contributed by atoms with Crippen molar-refractivity contribution >= 4 is 29.2 Å². The van der Waals surface area contributed by atoms with Crippen molar-refractivity contribution < 1.29 is 24.2 Å². The summed E-state index contributed by atoms with van der Waals surface area (Å²) < 4.78 is 11.4. The summed E-state index contributed by atoms with van der Waals surface area (Å²) in [4.78, 5) is 26.1. The van der Waals surface area contributed by atoms with Crippen LogP contribution in [0.5, 0.6) is 11.5 Å². The Kier molecular flexibility index (Phi) is 8.36. The van der Waals surface area contributed by atoms with Crippen LogP contribution >= 0.6 is 11.6 Å². The van der Waals surface area contributed by atoms with E-state index in [0.717, 1.165) is 0 Å². The van der Waals surface area contributed by atoms with Crippen molar-refractivity contribution in [3.8, 4) is 11.5 Å². The van der Waals surface area contributed by atoms with Crippen LogP contribution < -0.4 is 9.47 Å². The molecule has 0 aliphatic rings. The molecular formula is C23H20ClN3O7. The molecule has 0 radical (unpaired) electrons. The Bertz CT molecular complexity index is 1220. The molecule has 0 saturated heterocycles. The van der Waals surface area contributed by atoms with Gasteiger partial charge in [0.15, 0.2) is 11.5 Å². The second-order valence-electron chi connectivity index (χ2n) is 6.91. The smallest absolute Gasteiger partial charge is 0.269 e. The lowest BCUT2D eigenvalue weighted by atomic mass is 10.2. The second-order valence-corrected chi connectivity index (χ2v) is 7.32. The molecule has 0 heterocycles. The highest BCUT2D eigenvalue weighted by molar-refractivity contribution is 6.32. The largest absolute Gasteiger partial charge is 0.490 e. The third-order valence-corrected chi connectivity index (χ3v) is 4.75. The first-order valence-electron chi connectivity index (χ1n) is 10.1. The molecule has 0 amide bonds. The van der Waals surface area contributed by atoms with Crippen molar-refractivity contribution in [2.45, 2.75) is 20.1 Å². The van der Waals surface area contributed by atoms with Crippen molar-refractivity contribution in [2.24, 2.45) is 5.16 Å². The van der Waals surface area contributed by atoms with E-state index in [1.807, 2.05) is 0 Å². The molecule has 11 heteroatoms. The molecule has 0 fully saturated rings. The van der Waals surface area contributed by atoms with E-state index in [2.05, 4.69) is 5.16 Å². The molecule has 10 nitrogen and oxygen atoms in total. The van der Waals surface area contributed by atoms with Crippen LogP contribution in [0.4, 0.5) is 11.4 Å². The third kappa shape index (κ3) is 6.66. The fraction of sp³-hybridized carbons (Fsp3) is 0.174. The maximum Gasteiger partial charge on any atom is 0.269 e. The molecule has 34 heavy (non-hydrogen) atoms. The Morgan fingerprint density at radius 3 is 2.12 bits per heavy atom. The van der Waals surface area contributed by atoms with Gasteiger partial charge in [0, 0.05) is 29.8 Å². The van der Waals surface area contributed by atoms with E-state index < -0.39 is 9.85 Å². The number of oxime groups is 1. The molecule has 0 aromatic heterocycles. The summed E-state index contributed by atoms with van der Waals surface area (Å²) in [5.41, 5.74) is 1.72. The van der Waals surface area contributed by atoms with E-state index in [1.165, 1.54) is 30.5 Å². The predicted octanol–water partition coefficient (Wildman–Crippen LogP) is 5.68. The van der Waals surface area contributed by atoms with E-state index in [1.54, 1.807) is 43.3 Å². The summed E-state index contributed by atoms with van der Waals surface area (Å²) in [6, 6.07) is 15.5. The molecule has 3 rings (SSSR count). The van der Waals surface area contributed by atoms with Crippen LogP contribution in [0.1, 0.15) is 23.6 Å². The number of benzene rings is 3. The van der Waals surface area contributed by atoms with Crippen molar-refractivity contribution in [1.29, 1.82) is 0 Å². The van der Waals surface area contributed by atoms with Crippen LogP contribution in [0.3, 0.4) is 0 Å². The molecule has 0 saturated carbocycles. The topological polar surface area (TPSA) is 126 Å². The van der Waals surface area contributed by atoms with Gasteiger partial charge in [-0.1, -0.05) is 41.0 Å². The van der Waals surface area contributed by atoms with Crippen LogP contribution in [0.25, 0.3) is 0 Å². The lowest BCUT2D eigenvalue weighted by Crippen LogP contribution is -2.02. The maximum atomic E-state index is 11.0. The molecule has 176 valence electrons. The Hall–Kier alpha value is -4.18. The molecule has 0 aliphatic heterocycles. The Balaban J connectivity index is 1.69. The summed E-state index contributed by atoms with van der Waals surface area (Å²) in [6.45, 7) is 2.27. The average molecular weight is 486 g/mol. The van der Waals surface area contributed by atoms with Crippen LogP contribution in [-0.4, -0.2) is 22.7 Å². The van der Waals surface area contributed by atoms with Crippen molar-refractivity contribution in [2.75, 3.05) is 6.61 Å². The summed E-state index contributed by atoms with van der Waals surface area (Å²) in [7, 11) is 0. The zero-order valence-electron chi connectivity index (χ0n) is 18.0. The average Bonchev–Trinajstić information content (AvgIpc) is 2.82. The molecule has 0 atom stereocenters. The third-order valence-electron chi connectivity index (χ3n) is 4.47. The van der Waals surface area contributed by atoms with E-state index >= 15 is 0 Å². The fourth-order valence-electron chi connectivity index (χ4n) is 2.95. The lowest BCUT2D eigenvalue weighted by Gasteiger charge is -2.14. The van der Waals surface area contributed by atoms with Crippen LogP contribution in [0, 0.1) is 20.2 Å². The quantitative estimate of drug-likeness (QED) is 0.194. The van der Waals surface area contributed by atoms with Gasteiger partial charge in [-0.15, -0.1) is 0 Å². The molecule has 0 spiro atoms. The van der Waals surface area contributed by atoms with E-state index in [-0.39, 0.29) is 29.6 Å². The highest BCUT2D eigenvalue weighted by Gasteiger charge is 2.14. The maximum absolute atomic E-state index is 11.0. The first-order chi connectivity index (χ1) is 16.4. The Morgan fingerprint density at radius 1 is 0.912 bits per heavy atom.